The minimum absolute atomic E-state index is 0.271. The van der Waals surface area contributed by atoms with E-state index in [0.717, 1.165) is 11.6 Å². The summed E-state index contributed by atoms with van der Waals surface area (Å²) >= 11 is 0. The van der Waals surface area contributed by atoms with Crippen LogP contribution in [0.2, 0.25) is 25.7 Å². The van der Waals surface area contributed by atoms with Crippen LogP contribution < -0.4 is 15.4 Å². The third-order valence-electron chi connectivity index (χ3n) is 5.21. The molecule has 1 aromatic carbocycles. The summed E-state index contributed by atoms with van der Waals surface area (Å²) in [6.45, 7) is 13.4. The van der Waals surface area contributed by atoms with Crippen LogP contribution in [0, 0.1) is 0 Å². The molecule has 1 amide bonds. The molecule has 0 bridgehead atoms. The molecule has 3 atom stereocenters. The highest BCUT2D eigenvalue weighted by atomic mass is 28.3. The average molecular weight is 541 g/mol. The highest BCUT2D eigenvalue weighted by Crippen LogP contribution is 2.15. The number of alkyl carbamates (subject to hydrolysis) is 1. The normalized spacial score (nSPS) is 14.2. The zero-order valence-electron chi connectivity index (χ0n) is 23.6. The quantitative estimate of drug-likeness (QED) is 0.120. The molecular formula is C26H44N2O8Si. The van der Waals surface area contributed by atoms with E-state index in [9.17, 15) is 14.4 Å². The van der Waals surface area contributed by atoms with E-state index < -0.39 is 49.9 Å². The number of carbonyl (C=O) groups excluding carboxylic acids is 3. The van der Waals surface area contributed by atoms with Crippen molar-refractivity contribution in [3.05, 3.63) is 29.8 Å². The molecule has 0 radical (unpaired) electrons. The van der Waals surface area contributed by atoms with Crippen molar-refractivity contribution < 1.29 is 38.1 Å². The van der Waals surface area contributed by atoms with Gasteiger partial charge in [0.25, 0.3) is 0 Å². The van der Waals surface area contributed by atoms with Crippen molar-refractivity contribution >= 4 is 26.1 Å². The summed E-state index contributed by atoms with van der Waals surface area (Å²) in [6, 6.07) is 6.25. The number of amides is 1. The molecule has 0 spiro atoms. The van der Waals surface area contributed by atoms with Crippen molar-refractivity contribution in [2.24, 2.45) is 0 Å². The van der Waals surface area contributed by atoms with Crippen molar-refractivity contribution in [2.45, 2.75) is 83.6 Å². The van der Waals surface area contributed by atoms with Gasteiger partial charge in [-0.3, -0.25) is 4.79 Å². The van der Waals surface area contributed by atoms with E-state index in [0.29, 0.717) is 18.8 Å². The van der Waals surface area contributed by atoms with E-state index in [1.165, 1.54) is 6.92 Å². The van der Waals surface area contributed by atoms with Crippen molar-refractivity contribution in [2.75, 3.05) is 27.6 Å². The maximum absolute atomic E-state index is 12.9. The zero-order chi connectivity index (χ0) is 28.2. The molecule has 0 unspecified atom stereocenters. The number of likely N-dealkylation sites (N-methyl/N-ethyl adjacent to an activating group) is 1. The van der Waals surface area contributed by atoms with Gasteiger partial charge < -0.3 is 34.3 Å². The minimum atomic E-state index is -1.29. The fourth-order valence-corrected chi connectivity index (χ4v) is 3.82. The third kappa shape index (κ3) is 13.5. The molecule has 0 heterocycles. The van der Waals surface area contributed by atoms with Crippen LogP contribution in [0.1, 0.15) is 33.3 Å². The van der Waals surface area contributed by atoms with E-state index in [4.69, 9.17) is 23.7 Å². The van der Waals surface area contributed by atoms with Gasteiger partial charge in [0.15, 0.2) is 12.8 Å². The van der Waals surface area contributed by atoms with Gasteiger partial charge in [-0.25, -0.2) is 9.59 Å². The zero-order valence-corrected chi connectivity index (χ0v) is 24.6. The van der Waals surface area contributed by atoms with Crippen molar-refractivity contribution in [1.29, 1.82) is 0 Å². The first-order chi connectivity index (χ1) is 17.1. The van der Waals surface area contributed by atoms with Crippen LogP contribution in [0.4, 0.5) is 4.79 Å². The highest BCUT2D eigenvalue weighted by Gasteiger charge is 2.34. The van der Waals surface area contributed by atoms with Gasteiger partial charge in [-0.2, -0.15) is 0 Å². The van der Waals surface area contributed by atoms with Gasteiger partial charge in [-0.15, -0.1) is 0 Å². The number of esters is 2. The lowest BCUT2D eigenvalue weighted by molar-refractivity contribution is -0.166. The van der Waals surface area contributed by atoms with Gasteiger partial charge in [0.1, 0.15) is 23.5 Å². The van der Waals surface area contributed by atoms with E-state index in [1.807, 2.05) is 12.1 Å². The van der Waals surface area contributed by atoms with Crippen molar-refractivity contribution in [3.8, 4) is 5.75 Å². The minimum Gasteiger partial charge on any atom is -0.497 e. The Bertz CT molecular complexity index is 865. The second-order valence-electron chi connectivity index (χ2n) is 11.0. The number of hydrogen-bond donors (Lipinski definition) is 2. The molecule has 11 heteroatoms. The van der Waals surface area contributed by atoms with Crippen LogP contribution in [0.3, 0.4) is 0 Å². The SMILES string of the molecule is CN[C@@H](Cc1ccc(OC)cc1)C(=O)O[C@H](C)[C@H](NC(=O)OC(C)(C)C)C(=O)OCOCC[Si](C)(C)C. The molecule has 2 N–H and O–H groups in total. The van der Waals surface area contributed by atoms with Gasteiger partial charge in [-0.1, -0.05) is 31.8 Å². The van der Waals surface area contributed by atoms with E-state index in [1.54, 1.807) is 47.1 Å². The van der Waals surface area contributed by atoms with Crippen LogP contribution in [-0.4, -0.2) is 77.5 Å². The summed E-state index contributed by atoms with van der Waals surface area (Å²) in [5.74, 6) is -0.670. The first-order valence-electron chi connectivity index (χ1n) is 12.4. The fraction of sp³-hybridized carbons (Fsp3) is 0.654. The van der Waals surface area contributed by atoms with Crippen LogP contribution in [0.25, 0.3) is 0 Å². The molecule has 0 fully saturated rings. The number of carbonyl (C=O) groups is 3. The molecule has 0 saturated carbocycles. The maximum atomic E-state index is 12.9. The Labute approximate surface area is 221 Å². The Balaban J connectivity index is 2.85. The molecule has 10 nitrogen and oxygen atoms in total. The number of ether oxygens (including phenoxy) is 5. The highest BCUT2D eigenvalue weighted by molar-refractivity contribution is 6.76. The molecule has 0 saturated heterocycles. The molecule has 210 valence electrons. The lowest BCUT2D eigenvalue weighted by Crippen LogP contribution is -2.52. The Morgan fingerprint density at radius 3 is 2.16 bits per heavy atom. The molecule has 0 aliphatic heterocycles. The van der Waals surface area contributed by atoms with Crippen LogP contribution in [-0.2, 0) is 35.0 Å². The Morgan fingerprint density at radius 2 is 1.65 bits per heavy atom. The van der Waals surface area contributed by atoms with E-state index in [-0.39, 0.29) is 6.79 Å². The third-order valence-corrected chi connectivity index (χ3v) is 6.91. The number of nitrogens with one attached hydrogen (secondary N) is 2. The van der Waals surface area contributed by atoms with E-state index >= 15 is 0 Å². The summed E-state index contributed by atoms with van der Waals surface area (Å²) in [6.07, 6.45) is -1.52. The first kappa shape index (κ1) is 32.4. The van der Waals surface area contributed by atoms with Gasteiger partial charge in [0, 0.05) is 14.7 Å². The molecule has 0 aliphatic carbocycles. The van der Waals surface area contributed by atoms with Gasteiger partial charge in [-0.05, 0) is 64.9 Å². The summed E-state index contributed by atoms with van der Waals surface area (Å²) < 4.78 is 26.7. The Kier molecular flexibility index (Phi) is 13.1. The second kappa shape index (κ2) is 14.9. The molecule has 1 rings (SSSR count). The summed E-state index contributed by atoms with van der Waals surface area (Å²) in [7, 11) is 1.93. The molecule has 0 aliphatic rings. The first-order valence-corrected chi connectivity index (χ1v) is 16.1. The topological polar surface area (TPSA) is 121 Å². The molecular weight excluding hydrogens is 496 g/mol. The molecule has 1 aromatic rings. The standard InChI is InChI=1S/C26H44N2O8Si/c1-18(35-23(29)21(27-5)16-19-10-12-20(32-6)13-11-19)22(28-25(31)36-26(2,3)4)24(30)34-17-33-14-15-37(7,8)9/h10-13,18,21-22,27H,14-17H2,1-9H3,(H,28,31)/t18-,21+,22+/m1/s1. The average Bonchev–Trinajstić information content (AvgIpc) is 2.78. The Morgan fingerprint density at radius 1 is 1.03 bits per heavy atom. The van der Waals surface area contributed by atoms with Gasteiger partial charge in [0.05, 0.1) is 7.11 Å². The lowest BCUT2D eigenvalue weighted by Gasteiger charge is -2.27. The lowest BCUT2D eigenvalue weighted by atomic mass is 10.1. The number of methoxy groups -OCH3 is 1. The van der Waals surface area contributed by atoms with E-state index in [2.05, 4.69) is 30.3 Å². The number of hydrogen-bond acceptors (Lipinski definition) is 9. The largest absolute Gasteiger partial charge is 0.497 e. The monoisotopic (exact) mass is 540 g/mol. The number of benzene rings is 1. The van der Waals surface area contributed by atoms with Gasteiger partial charge >= 0.3 is 18.0 Å². The summed E-state index contributed by atoms with van der Waals surface area (Å²) in [4.78, 5) is 38.2. The fourth-order valence-electron chi connectivity index (χ4n) is 3.06. The van der Waals surface area contributed by atoms with Crippen molar-refractivity contribution in [1.82, 2.24) is 10.6 Å². The maximum Gasteiger partial charge on any atom is 0.408 e. The Hall–Kier alpha value is -2.63. The molecule has 37 heavy (non-hydrogen) atoms. The van der Waals surface area contributed by atoms with Crippen LogP contribution in [0.5, 0.6) is 5.75 Å². The smallest absolute Gasteiger partial charge is 0.408 e. The second-order valence-corrected chi connectivity index (χ2v) is 16.6. The predicted octanol–water partition coefficient (Wildman–Crippen LogP) is 3.51. The summed E-state index contributed by atoms with van der Waals surface area (Å²) in [5, 5.41) is 5.40. The van der Waals surface area contributed by atoms with Crippen LogP contribution >= 0.6 is 0 Å². The van der Waals surface area contributed by atoms with Gasteiger partial charge in [0.2, 0.25) is 0 Å². The predicted molar refractivity (Wildman–Crippen MR) is 143 cm³/mol. The van der Waals surface area contributed by atoms with Crippen molar-refractivity contribution in [3.63, 3.8) is 0 Å². The summed E-state index contributed by atoms with van der Waals surface area (Å²) in [5.41, 5.74) is 0.108. The molecule has 0 aromatic heterocycles. The number of rotatable bonds is 14. The van der Waals surface area contributed by atoms with Crippen LogP contribution in [0.15, 0.2) is 24.3 Å².